The Labute approximate surface area is 83.1 Å². The summed E-state index contributed by atoms with van der Waals surface area (Å²) in [7, 11) is 1.64. The van der Waals surface area contributed by atoms with Crippen LogP contribution >= 0.6 is 15.9 Å². The van der Waals surface area contributed by atoms with E-state index in [1.807, 2.05) is 12.1 Å². The van der Waals surface area contributed by atoms with E-state index in [0.717, 1.165) is 9.86 Å². The first-order valence-corrected chi connectivity index (χ1v) is 4.59. The molecule has 0 saturated heterocycles. The number of benzene rings is 1. The molecule has 0 spiro atoms. The van der Waals surface area contributed by atoms with Crippen LogP contribution in [0.15, 0.2) is 33.7 Å². The average molecular weight is 239 g/mol. The Morgan fingerprint density at radius 2 is 2.23 bits per heavy atom. The predicted molar refractivity (Wildman–Crippen MR) is 54.7 cm³/mol. The van der Waals surface area contributed by atoms with Crippen LogP contribution in [0.4, 0.5) is 0 Å². The lowest BCUT2D eigenvalue weighted by molar-refractivity contribution is 0.718. The average Bonchev–Trinajstić information content (AvgIpc) is 2.12. The molecule has 1 heterocycles. The minimum Gasteiger partial charge on any atom is -0.267 e. The molecule has 0 aliphatic carbocycles. The van der Waals surface area contributed by atoms with Crippen molar-refractivity contribution in [2.75, 3.05) is 0 Å². The number of rotatable bonds is 0. The molecule has 13 heavy (non-hydrogen) atoms. The number of aryl methyl sites for hydroxylation is 1. The summed E-state index contributed by atoms with van der Waals surface area (Å²) >= 11 is 3.34. The van der Waals surface area contributed by atoms with E-state index in [0.29, 0.717) is 5.39 Å². The van der Waals surface area contributed by atoms with Crippen molar-refractivity contribution < 1.29 is 0 Å². The van der Waals surface area contributed by atoms with Gasteiger partial charge in [-0.3, -0.25) is 4.79 Å². The number of halogens is 1. The standard InChI is InChI=1S/C9H7BrN2O/c1-12-9(13)8-3-2-7(10)4-6(8)5-11-12/h2-5H,1H3. The van der Waals surface area contributed by atoms with Crippen molar-refractivity contribution in [3.05, 3.63) is 39.2 Å². The van der Waals surface area contributed by atoms with Crippen LogP contribution in [-0.2, 0) is 7.05 Å². The number of fused-ring (bicyclic) bond motifs is 1. The number of aromatic nitrogens is 2. The molecule has 1 aromatic heterocycles. The van der Waals surface area contributed by atoms with Crippen molar-refractivity contribution in [1.29, 1.82) is 0 Å². The zero-order valence-corrected chi connectivity index (χ0v) is 8.58. The molecule has 0 N–H and O–H groups in total. The fraction of sp³-hybridized carbons (Fsp3) is 0.111. The van der Waals surface area contributed by atoms with Crippen LogP contribution in [-0.4, -0.2) is 9.78 Å². The molecule has 2 rings (SSSR count). The van der Waals surface area contributed by atoms with Crippen molar-refractivity contribution in [2.45, 2.75) is 0 Å². The molecular formula is C9H7BrN2O. The molecule has 0 radical (unpaired) electrons. The van der Waals surface area contributed by atoms with Gasteiger partial charge in [0.05, 0.1) is 11.6 Å². The fourth-order valence-electron chi connectivity index (χ4n) is 1.21. The minimum atomic E-state index is -0.0648. The second kappa shape index (κ2) is 2.96. The molecular weight excluding hydrogens is 232 g/mol. The van der Waals surface area contributed by atoms with Crippen LogP contribution in [0.25, 0.3) is 10.8 Å². The zero-order chi connectivity index (χ0) is 9.42. The molecule has 0 aliphatic rings. The Morgan fingerprint density at radius 3 is 3.00 bits per heavy atom. The Kier molecular flexibility index (Phi) is 1.92. The molecule has 0 atom stereocenters. The van der Waals surface area contributed by atoms with E-state index < -0.39 is 0 Å². The summed E-state index contributed by atoms with van der Waals surface area (Å²) in [5, 5.41) is 5.49. The molecule has 3 nitrogen and oxygen atoms in total. The van der Waals surface area contributed by atoms with E-state index in [1.54, 1.807) is 19.3 Å². The van der Waals surface area contributed by atoms with Crippen LogP contribution in [0.5, 0.6) is 0 Å². The smallest absolute Gasteiger partial charge is 0.267 e. The van der Waals surface area contributed by atoms with Gasteiger partial charge in [0.15, 0.2) is 0 Å². The zero-order valence-electron chi connectivity index (χ0n) is 6.99. The Balaban J connectivity index is 2.95. The van der Waals surface area contributed by atoms with Crippen LogP contribution in [0.3, 0.4) is 0 Å². The highest BCUT2D eigenvalue weighted by atomic mass is 79.9. The first-order valence-electron chi connectivity index (χ1n) is 3.80. The van der Waals surface area contributed by atoms with Gasteiger partial charge in [-0.1, -0.05) is 15.9 Å². The van der Waals surface area contributed by atoms with Crippen LogP contribution in [0, 0.1) is 0 Å². The van der Waals surface area contributed by atoms with Gasteiger partial charge < -0.3 is 0 Å². The topological polar surface area (TPSA) is 34.9 Å². The van der Waals surface area contributed by atoms with Gasteiger partial charge in [-0.2, -0.15) is 5.10 Å². The van der Waals surface area contributed by atoms with E-state index in [-0.39, 0.29) is 5.56 Å². The molecule has 1 aromatic carbocycles. The molecule has 0 saturated carbocycles. The lowest BCUT2D eigenvalue weighted by atomic mass is 10.2. The van der Waals surface area contributed by atoms with Crippen LogP contribution in [0.2, 0.25) is 0 Å². The monoisotopic (exact) mass is 238 g/mol. The van der Waals surface area contributed by atoms with Gasteiger partial charge in [0, 0.05) is 16.9 Å². The van der Waals surface area contributed by atoms with Gasteiger partial charge in [0.25, 0.3) is 5.56 Å². The normalized spacial score (nSPS) is 10.6. The Morgan fingerprint density at radius 1 is 1.46 bits per heavy atom. The van der Waals surface area contributed by atoms with Crippen molar-refractivity contribution in [1.82, 2.24) is 9.78 Å². The van der Waals surface area contributed by atoms with E-state index in [2.05, 4.69) is 21.0 Å². The van der Waals surface area contributed by atoms with Gasteiger partial charge in [-0.05, 0) is 18.2 Å². The van der Waals surface area contributed by atoms with Gasteiger partial charge in [-0.15, -0.1) is 0 Å². The Bertz CT molecular complexity index is 518. The quantitative estimate of drug-likeness (QED) is 0.701. The lowest BCUT2D eigenvalue weighted by Gasteiger charge is -1.99. The van der Waals surface area contributed by atoms with Crippen molar-refractivity contribution >= 4 is 26.7 Å². The molecule has 0 unspecified atom stereocenters. The molecule has 2 aromatic rings. The highest BCUT2D eigenvalue weighted by Gasteiger charge is 2.00. The highest BCUT2D eigenvalue weighted by Crippen LogP contribution is 2.15. The Hall–Kier alpha value is -1.16. The summed E-state index contributed by atoms with van der Waals surface area (Å²) < 4.78 is 2.28. The van der Waals surface area contributed by atoms with E-state index in [4.69, 9.17) is 0 Å². The maximum Gasteiger partial charge on any atom is 0.274 e. The summed E-state index contributed by atoms with van der Waals surface area (Å²) in [6.45, 7) is 0. The summed E-state index contributed by atoms with van der Waals surface area (Å²) in [6.07, 6.45) is 1.68. The summed E-state index contributed by atoms with van der Waals surface area (Å²) in [5.41, 5.74) is -0.0648. The molecule has 0 fully saturated rings. The maximum atomic E-state index is 11.5. The molecule has 0 bridgehead atoms. The maximum absolute atomic E-state index is 11.5. The molecule has 0 amide bonds. The minimum absolute atomic E-state index is 0.0648. The summed E-state index contributed by atoms with van der Waals surface area (Å²) in [4.78, 5) is 11.5. The molecule has 0 aliphatic heterocycles. The van der Waals surface area contributed by atoms with E-state index in [1.165, 1.54) is 4.68 Å². The first-order chi connectivity index (χ1) is 6.18. The third-order valence-electron chi connectivity index (χ3n) is 1.91. The summed E-state index contributed by atoms with van der Waals surface area (Å²) in [5.74, 6) is 0. The largest absolute Gasteiger partial charge is 0.274 e. The number of hydrogen-bond donors (Lipinski definition) is 0. The van der Waals surface area contributed by atoms with Crippen LogP contribution in [0.1, 0.15) is 0 Å². The lowest BCUT2D eigenvalue weighted by Crippen LogP contribution is -2.18. The van der Waals surface area contributed by atoms with Crippen molar-refractivity contribution in [3.63, 3.8) is 0 Å². The van der Waals surface area contributed by atoms with Gasteiger partial charge in [0.2, 0.25) is 0 Å². The van der Waals surface area contributed by atoms with Crippen molar-refractivity contribution in [2.24, 2.45) is 7.05 Å². The highest BCUT2D eigenvalue weighted by molar-refractivity contribution is 9.10. The third-order valence-corrected chi connectivity index (χ3v) is 2.40. The van der Waals surface area contributed by atoms with Gasteiger partial charge in [0.1, 0.15) is 0 Å². The fourth-order valence-corrected chi connectivity index (χ4v) is 1.59. The SMILES string of the molecule is Cn1ncc2cc(Br)ccc2c1=O. The molecule has 66 valence electrons. The van der Waals surface area contributed by atoms with Gasteiger partial charge in [-0.25, -0.2) is 4.68 Å². The van der Waals surface area contributed by atoms with Gasteiger partial charge >= 0.3 is 0 Å². The predicted octanol–water partition coefficient (Wildman–Crippen LogP) is 1.70. The second-order valence-electron chi connectivity index (χ2n) is 2.80. The summed E-state index contributed by atoms with van der Waals surface area (Å²) in [6, 6.07) is 5.52. The second-order valence-corrected chi connectivity index (χ2v) is 3.72. The van der Waals surface area contributed by atoms with Crippen molar-refractivity contribution in [3.8, 4) is 0 Å². The van der Waals surface area contributed by atoms with E-state index >= 15 is 0 Å². The van der Waals surface area contributed by atoms with E-state index in [9.17, 15) is 4.79 Å². The number of nitrogens with zero attached hydrogens (tertiary/aromatic N) is 2. The van der Waals surface area contributed by atoms with Crippen LogP contribution < -0.4 is 5.56 Å². The first kappa shape index (κ1) is 8.44. The number of hydrogen-bond acceptors (Lipinski definition) is 2. The molecule has 4 heteroatoms. The third kappa shape index (κ3) is 1.37.